The van der Waals surface area contributed by atoms with Gasteiger partial charge in [-0.2, -0.15) is 0 Å². The highest BCUT2D eigenvalue weighted by Crippen LogP contribution is 2.45. The van der Waals surface area contributed by atoms with Crippen molar-refractivity contribution in [1.82, 2.24) is 4.98 Å². The Hall–Kier alpha value is -4.89. The zero-order valence-electron chi connectivity index (χ0n) is 25.0. The Balaban J connectivity index is 1.46. The lowest BCUT2D eigenvalue weighted by molar-refractivity contribution is 0.0582. The molecule has 9 nitrogen and oxygen atoms in total. The zero-order chi connectivity index (χ0) is 30.8. The molecule has 2 aliphatic rings. The molecule has 0 saturated carbocycles. The summed E-state index contributed by atoms with van der Waals surface area (Å²) in [7, 11) is 0. The largest absolute Gasteiger partial charge is 0.487 e. The fourth-order valence-electron chi connectivity index (χ4n) is 5.55. The Morgan fingerprint density at radius 1 is 0.864 bits per heavy atom. The number of pyridine rings is 1. The van der Waals surface area contributed by atoms with Crippen molar-refractivity contribution < 1.29 is 33.6 Å². The van der Waals surface area contributed by atoms with Gasteiger partial charge in [-0.05, 0) is 55.5 Å². The Bertz CT molecular complexity index is 1700. The van der Waals surface area contributed by atoms with E-state index in [9.17, 15) is 14.7 Å². The minimum absolute atomic E-state index is 0.0353. The summed E-state index contributed by atoms with van der Waals surface area (Å²) in [5, 5.41) is 10.4. The highest BCUT2D eigenvalue weighted by molar-refractivity contribution is 5.96. The third-order valence-electron chi connectivity index (χ3n) is 7.52. The van der Waals surface area contributed by atoms with Crippen LogP contribution < -0.4 is 14.4 Å². The molecule has 0 atom stereocenters. The SMILES string of the molecule is CC(C)(C)OC(=O)N1CCc2c1ccc1c2COCc2c-1nc(OCc1ccccc1)c(C(=O)O)c2OCc1ccccc1. The molecule has 0 unspecified atom stereocenters. The fraction of sp³-hybridized carbons (Fsp3) is 0.286. The standard InChI is InChI=1S/C35H34N2O7/c1-35(2,3)44-34(40)37-17-16-24-26-20-41-21-27-30(25(26)14-15-28(24)37)36-32(43-19-23-12-8-5-9-13-23)29(33(38)39)31(27)42-18-22-10-6-4-7-11-22/h4-15H,16-21H2,1-3H3,(H,38,39). The molecule has 9 heteroatoms. The molecule has 3 aromatic carbocycles. The molecule has 0 bridgehead atoms. The summed E-state index contributed by atoms with van der Waals surface area (Å²) in [6.45, 7) is 6.64. The first-order valence-corrected chi connectivity index (χ1v) is 14.6. The number of carboxylic acids is 1. The van der Waals surface area contributed by atoms with Gasteiger partial charge in [0.05, 0.1) is 24.6 Å². The monoisotopic (exact) mass is 594 g/mol. The molecule has 226 valence electrons. The molecular formula is C35H34N2O7. The first-order chi connectivity index (χ1) is 21.2. The lowest BCUT2D eigenvalue weighted by Crippen LogP contribution is -2.35. The van der Waals surface area contributed by atoms with Crippen molar-refractivity contribution in [3.8, 4) is 22.9 Å². The molecule has 1 amide bonds. The van der Waals surface area contributed by atoms with Crippen molar-refractivity contribution in [3.63, 3.8) is 0 Å². The van der Waals surface area contributed by atoms with Crippen LogP contribution in [0.3, 0.4) is 0 Å². The van der Waals surface area contributed by atoms with Crippen molar-refractivity contribution in [2.75, 3.05) is 11.4 Å². The normalized spacial score (nSPS) is 13.8. The minimum atomic E-state index is -1.21. The van der Waals surface area contributed by atoms with Crippen LogP contribution in [-0.4, -0.2) is 34.3 Å². The van der Waals surface area contributed by atoms with E-state index in [0.717, 1.165) is 33.5 Å². The van der Waals surface area contributed by atoms with Gasteiger partial charge >= 0.3 is 12.1 Å². The number of ether oxygens (including phenoxy) is 4. The summed E-state index contributed by atoms with van der Waals surface area (Å²) in [5.74, 6) is -1.08. The Morgan fingerprint density at radius 3 is 2.14 bits per heavy atom. The number of rotatable bonds is 7. The predicted molar refractivity (Wildman–Crippen MR) is 164 cm³/mol. The maximum atomic E-state index is 13.0. The highest BCUT2D eigenvalue weighted by atomic mass is 16.6. The number of carbonyl (C=O) groups excluding carboxylic acids is 1. The van der Waals surface area contributed by atoms with Crippen LogP contribution in [-0.2, 0) is 42.3 Å². The van der Waals surface area contributed by atoms with Crippen molar-refractivity contribution in [2.24, 2.45) is 0 Å². The molecule has 0 fully saturated rings. The molecule has 44 heavy (non-hydrogen) atoms. The number of hydrogen-bond donors (Lipinski definition) is 1. The number of fused-ring (bicyclic) bond motifs is 5. The molecule has 3 heterocycles. The number of benzene rings is 3. The molecule has 0 radical (unpaired) electrons. The van der Waals surface area contributed by atoms with Crippen LogP contribution in [0.4, 0.5) is 10.5 Å². The first-order valence-electron chi connectivity index (χ1n) is 14.6. The van der Waals surface area contributed by atoms with Gasteiger partial charge in [0.1, 0.15) is 24.6 Å². The number of amides is 1. The van der Waals surface area contributed by atoms with Crippen LogP contribution in [0.1, 0.15) is 58.9 Å². The second-order valence-corrected chi connectivity index (χ2v) is 11.8. The molecular weight excluding hydrogens is 560 g/mol. The third kappa shape index (κ3) is 5.96. The van der Waals surface area contributed by atoms with E-state index in [1.165, 1.54) is 0 Å². The molecule has 0 spiro atoms. The van der Waals surface area contributed by atoms with Crippen LogP contribution in [0.5, 0.6) is 11.6 Å². The van der Waals surface area contributed by atoms with Gasteiger partial charge in [-0.1, -0.05) is 66.7 Å². The van der Waals surface area contributed by atoms with E-state index in [1.807, 2.05) is 93.6 Å². The Morgan fingerprint density at radius 2 is 1.50 bits per heavy atom. The minimum Gasteiger partial charge on any atom is -0.487 e. The zero-order valence-corrected chi connectivity index (χ0v) is 25.0. The topological polar surface area (TPSA) is 107 Å². The molecule has 6 rings (SSSR count). The van der Waals surface area contributed by atoms with Crippen LogP contribution in [0, 0.1) is 0 Å². The quantitative estimate of drug-likeness (QED) is 0.245. The molecule has 1 aromatic heterocycles. The van der Waals surface area contributed by atoms with Crippen LogP contribution in [0.25, 0.3) is 11.3 Å². The van der Waals surface area contributed by atoms with Gasteiger partial charge in [0, 0.05) is 17.7 Å². The number of nitrogens with zero attached hydrogens (tertiary/aromatic N) is 2. The van der Waals surface area contributed by atoms with Gasteiger partial charge in [-0.15, -0.1) is 0 Å². The van der Waals surface area contributed by atoms with Gasteiger partial charge in [-0.25, -0.2) is 14.6 Å². The lowest BCUT2D eigenvalue weighted by Gasteiger charge is -2.25. The van der Waals surface area contributed by atoms with E-state index in [1.54, 1.807) is 4.90 Å². The number of aromatic carboxylic acids is 1. The fourth-order valence-corrected chi connectivity index (χ4v) is 5.55. The van der Waals surface area contributed by atoms with E-state index >= 15 is 0 Å². The molecule has 4 aromatic rings. The van der Waals surface area contributed by atoms with Crippen LogP contribution in [0.15, 0.2) is 72.8 Å². The second kappa shape index (κ2) is 12.0. The molecule has 1 N–H and O–H groups in total. The van der Waals surface area contributed by atoms with Crippen molar-refractivity contribution in [1.29, 1.82) is 0 Å². The summed E-state index contributed by atoms with van der Waals surface area (Å²) < 4.78 is 24.2. The predicted octanol–water partition coefficient (Wildman–Crippen LogP) is 6.93. The van der Waals surface area contributed by atoms with E-state index in [2.05, 4.69) is 0 Å². The number of hydrogen-bond acceptors (Lipinski definition) is 7. The van der Waals surface area contributed by atoms with Crippen molar-refractivity contribution >= 4 is 17.7 Å². The number of anilines is 1. The van der Waals surface area contributed by atoms with Crippen molar-refractivity contribution in [2.45, 2.75) is 59.2 Å². The number of carbonyl (C=O) groups is 2. The van der Waals surface area contributed by atoms with E-state index in [-0.39, 0.29) is 43.6 Å². The summed E-state index contributed by atoms with van der Waals surface area (Å²) in [6.07, 6.45) is 0.224. The van der Waals surface area contributed by atoms with Gasteiger partial charge in [0.15, 0.2) is 5.56 Å². The number of aromatic nitrogens is 1. The van der Waals surface area contributed by atoms with Crippen LogP contribution in [0.2, 0.25) is 0 Å². The van der Waals surface area contributed by atoms with Gasteiger partial charge in [-0.3, -0.25) is 4.90 Å². The number of carboxylic acid groups (broad SMARTS) is 1. The summed E-state index contributed by atoms with van der Waals surface area (Å²) >= 11 is 0. The molecule has 0 aliphatic carbocycles. The average molecular weight is 595 g/mol. The highest BCUT2D eigenvalue weighted by Gasteiger charge is 2.35. The van der Waals surface area contributed by atoms with E-state index in [0.29, 0.717) is 24.2 Å². The lowest BCUT2D eigenvalue weighted by atomic mass is 9.94. The van der Waals surface area contributed by atoms with Crippen molar-refractivity contribution in [3.05, 3.63) is 106 Å². The maximum absolute atomic E-state index is 13.0. The summed E-state index contributed by atoms with van der Waals surface area (Å²) in [6, 6.07) is 22.8. The maximum Gasteiger partial charge on any atom is 0.414 e. The van der Waals surface area contributed by atoms with E-state index < -0.39 is 17.7 Å². The van der Waals surface area contributed by atoms with Gasteiger partial charge in [0.2, 0.25) is 5.88 Å². The Kier molecular flexibility index (Phi) is 7.97. The smallest absolute Gasteiger partial charge is 0.414 e. The second-order valence-electron chi connectivity index (χ2n) is 11.8. The Labute approximate surface area is 256 Å². The first kappa shape index (κ1) is 29.2. The van der Waals surface area contributed by atoms with Gasteiger partial charge < -0.3 is 24.1 Å². The summed E-state index contributed by atoms with van der Waals surface area (Å²) in [4.78, 5) is 32.2. The molecule has 0 saturated heterocycles. The van der Waals surface area contributed by atoms with Crippen LogP contribution >= 0.6 is 0 Å². The van der Waals surface area contributed by atoms with E-state index in [4.69, 9.17) is 23.9 Å². The van der Waals surface area contributed by atoms with Gasteiger partial charge in [0.25, 0.3) is 0 Å². The summed E-state index contributed by atoms with van der Waals surface area (Å²) in [5.41, 5.74) is 5.48. The molecule has 2 aliphatic heterocycles. The average Bonchev–Trinajstić information content (AvgIpc) is 3.35. The third-order valence-corrected chi connectivity index (χ3v) is 7.52.